The molecule has 0 atom stereocenters. The molecule has 0 saturated carbocycles. The summed E-state index contributed by atoms with van der Waals surface area (Å²) in [6.45, 7) is 6.63. The molecule has 9 nitrogen and oxygen atoms in total. The summed E-state index contributed by atoms with van der Waals surface area (Å²) >= 11 is 5.78. The third-order valence-electron chi connectivity index (χ3n) is 4.82. The Morgan fingerprint density at radius 2 is 2.03 bits per heavy atom. The van der Waals surface area contributed by atoms with E-state index >= 15 is 0 Å². The van der Waals surface area contributed by atoms with Crippen LogP contribution in [-0.4, -0.2) is 60.5 Å². The number of anilines is 1. The number of piperidine rings is 1. The van der Waals surface area contributed by atoms with Gasteiger partial charge in [0.2, 0.25) is 11.8 Å². The molecule has 0 aliphatic carbocycles. The fourth-order valence-electron chi connectivity index (χ4n) is 3.23. The molecular weight excluding hydrogens is 412 g/mol. The highest BCUT2D eigenvalue weighted by molar-refractivity contribution is 6.32. The first-order valence-electron chi connectivity index (χ1n) is 10.1. The van der Waals surface area contributed by atoms with E-state index in [1.807, 2.05) is 18.7 Å². The number of carbonyl (C=O) groups excluding carboxylic acids is 2. The van der Waals surface area contributed by atoms with Gasteiger partial charge in [-0.15, -0.1) is 0 Å². The number of hydrogen-bond acceptors (Lipinski definition) is 6. The summed E-state index contributed by atoms with van der Waals surface area (Å²) < 4.78 is 5.45. The van der Waals surface area contributed by atoms with Gasteiger partial charge in [0.05, 0.1) is 17.6 Å². The summed E-state index contributed by atoms with van der Waals surface area (Å²) in [5, 5.41) is 16.6. The Morgan fingerprint density at radius 1 is 1.33 bits per heavy atom. The van der Waals surface area contributed by atoms with Crippen LogP contribution in [-0.2, 0) is 14.3 Å². The van der Waals surface area contributed by atoms with E-state index in [-0.39, 0.29) is 41.1 Å². The van der Waals surface area contributed by atoms with Crippen molar-refractivity contribution in [3.8, 4) is 0 Å². The van der Waals surface area contributed by atoms with Crippen molar-refractivity contribution in [1.29, 1.82) is 0 Å². The Hall–Kier alpha value is -2.23. The van der Waals surface area contributed by atoms with E-state index in [4.69, 9.17) is 16.3 Å². The molecule has 2 amide bonds. The lowest BCUT2D eigenvalue weighted by molar-refractivity contribution is -0.384. The molecular formula is C20H29ClN4O5. The van der Waals surface area contributed by atoms with Crippen molar-refractivity contribution in [2.24, 2.45) is 5.92 Å². The van der Waals surface area contributed by atoms with Crippen LogP contribution < -0.4 is 10.6 Å². The summed E-state index contributed by atoms with van der Waals surface area (Å²) in [5.74, 6) is -0.258. The molecule has 0 bridgehead atoms. The van der Waals surface area contributed by atoms with Crippen molar-refractivity contribution in [2.75, 3.05) is 38.1 Å². The lowest BCUT2D eigenvalue weighted by Crippen LogP contribution is -2.43. The molecule has 1 saturated heterocycles. The number of ether oxygens (including phenoxy) is 1. The number of likely N-dealkylation sites (tertiary alicyclic amines) is 1. The number of nitro benzene ring substituents is 1. The van der Waals surface area contributed by atoms with E-state index in [9.17, 15) is 19.7 Å². The zero-order chi connectivity index (χ0) is 22.1. The van der Waals surface area contributed by atoms with Gasteiger partial charge in [-0.1, -0.05) is 11.6 Å². The third-order valence-corrected chi connectivity index (χ3v) is 5.14. The Kier molecular flexibility index (Phi) is 9.48. The van der Waals surface area contributed by atoms with E-state index in [1.165, 1.54) is 18.2 Å². The molecule has 2 N–H and O–H groups in total. The van der Waals surface area contributed by atoms with Crippen LogP contribution in [0.3, 0.4) is 0 Å². The quantitative estimate of drug-likeness (QED) is 0.328. The van der Waals surface area contributed by atoms with Gasteiger partial charge >= 0.3 is 0 Å². The molecule has 1 aromatic rings. The zero-order valence-electron chi connectivity index (χ0n) is 17.4. The molecule has 0 spiro atoms. The van der Waals surface area contributed by atoms with Gasteiger partial charge in [-0.05, 0) is 58.3 Å². The minimum atomic E-state index is -0.592. The van der Waals surface area contributed by atoms with Gasteiger partial charge in [0, 0.05) is 30.8 Å². The molecule has 1 aliphatic rings. The topological polar surface area (TPSA) is 114 Å². The molecule has 166 valence electrons. The van der Waals surface area contributed by atoms with Gasteiger partial charge in [0.25, 0.3) is 5.69 Å². The second-order valence-electron chi connectivity index (χ2n) is 7.59. The first-order valence-corrected chi connectivity index (χ1v) is 10.5. The number of amides is 2. The molecule has 0 radical (unpaired) electrons. The van der Waals surface area contributed by atoms with Crippen LogP contribution in [0.15, 0.2) is 18.2 Å². The minimum Gasteiger partial charge on any atom is -0.379 e. The normalized spacial score (nSPS) is 15.2. The van der Waals surface area contributed by atoms with E-state index in [1.54, 1.807) is 0 Å². The van der Waals surface area contributed by atoms with Crippen molar-refractivity contribution in [1.82, 2.24) is 10.2 Å². The highest BCUT2D eigenvalue weighted by atomic mass is 35.5. The van der Waals surface area contributed by atoms with Crippen molar-refractivity contribution in [2.45, 2.75) is 39.2 Å². The van der Waals surface area contributed by atoms with Crippen molar-refractivity contribution < 1.29 is 19.2 Å². The standard InChI is InChI=1S/C20H29ClN4O5/c1-14(2)30-11-3-8-22-20(27)15-6-9-24(10-7-15)13-19(26)23-16-4-5-17(21)18(12-16)25(28)29/h4-5,12,14-15H,3,6-11,13H2,1-2H3,(H,22,27)(H,23,26). The SMILES string of the molecule is CC(C)OCCCNC(=O)C1CCN(CC(=O)Nc2ccc(Cl)c([N+](=O)[O-])c2)CC1. The van der Waals surface area contributed by atoms with Crippen LogP contribution in [0.2, 0.25) is 5.02 Å². The average molecular weight is 441 g/mol. The second kappa shape index (κ2) is 11.8. The predicted molar refractivity (Wildman–Crippen MR) is 115 cm³/mol. The van der Waals surface area contributed by atoms with Crippen LogP contribution in [0.4, 0.5) is 11.4 Å². The molecule has 0 unspecified atom stereocenters. The van der Waals surface area contributed by atoms with Gasteiger partial charge < -0.3 is 15.4 Å². The highest BCUT2D eigenvalue weighted by Gasteiger charge is 2.25. The number of nitrogens with one attached hydrogen (secondary N) is 2. The summed E-state index contributed by atoms with van der Waals surface area (Å²) in [6.07, 6.45) is 2.35. The monoisotopic (exact) mass is 440 g/mol. The van der Waals surface area contributed by atoms with Crippen molar-refractivity contribution in [3.63, 3.8) is 0 Å². The first-order chi connectivity index (χ1) is 14.3. The summed E-state index contributed by atoms with van der Waals surface area (Å²) in [7, 11) is 0. The van der Waals surface area contributed by atoms with E-state index < -0.39 is 4.92 Å². The maximum Gasteiger partial charge on any atom is 0.289 e. The Labute approximate surface area is 181 Å². The minimum absolute atomic E-state index is 0.0193. The van der Waals surface area contributed by atoms with Crippen LogP contribution in [0.1, 0.15) is 33.1 Å². The largest absolute Gasteiger partial charge is 0.379 e. The lowest BCUT2D eigenvalue weighted by atomic mass is 9.96. The van der Waals surface area contributed by atoms with Crippen molar-refractivity contribution in [3.05, 3.63) is 33.3 Å². The Bertz CT molecular complexity index is 751. The highest BCUT2D eigenvalue weighted by Crippen LogP contribution is 2.27. The number of rotatable bonds is 10. The number of nitro groups is 1. The van der Waals surface area contributed by atoms with E-state index in [2.05, 4.69) is 10.6 Å². The summed E-state index contributed by atoms with van der Waals surface area (Å²) in [5.41, 5.74) is 0.0730. The van der Waals surface area contributed by atoms with Crippen LogP contribution in [0.5, 0.6) is 0 Å². The summed E-state index contributed by atoms with van der Waals surface area (Å²) in [4.78, 5) is 36.9. The fourth-order valence-corrected chi connectivity index (χ4v) is 3.42. The molecule has 1 heterocycles. The summed E-state index contributed by atoms with van der Waals surface area (Å²) in [6, 6.07) is 4.15. The van der Waals surface area contributed by atoms with Gasteiger partial charge in [-0.2, -0.15) is 0 Å². The molecule has 0 aromatic heterocycles. The molecule has 10 heteroatoms. The van der Waals surface area contributed by atoms with Gasteiger partial charge in [-0.25, -0.2) is 0 Å². The number of carbonyl (C=O) groups is 2. The lowest BCUT2D eigenvalue weighted by Gasteiger charge is -2.30. The maximum atomic E-state index is 12.3. The van der Waals surface area contributed by atoms with E-state index in [0.29, 0.717) is 44.8 Å². The third kappa shape index (κ3) is 7.89. The van der Waals surface area contributed by atoms with Gasteiger partial charge in [0.1, 0.15) is 5.02 Å². The molecule has 1 aromatic carbocycles. The second-order valence-corrected chi connectivity index (χ2v) is 7.99. The number of benzene rings is 1. The Morgan fingerprint density at radius 3 is 2.67 bits per heavy atom. The van der Waals surface area contributed by atoms with Crippen LogP contribution >= 0.6 is 11.6 Å². The first kappa shape index (κ1) is 24.0. The van der Waals surface area contributed by atoms with Crippen molar-refractivity contribution >= 4 is 34.8 Å². The molecule has 1 aliphatic heterocycles. The predicted octanol–water partition coefficient (Wildman–Crippen LogP) is 2.83. The van der Waals surface area contributed by atoms with Gasteiger partial charge in [0.15, 0.2) is 0 Å². The van der Waals surface area contributed by atoms with Crippen LogP contribution in [0, 0.1) is 16.0 Å². The maximum absolute atomic E-state index is 12.3. The van der Waals surface area contributed by atoms with Gasteiger partial charge in [-0.3, -0.25) is 24.6 Å². The smallest absolute Gasteiger partial charge is 0.289 e. The molecule has 1 fully saturated rings. The van der Waals surface area contributed by atoms with E-state index in [0.717, 1.165) is 6.42 Å². The fraction of sp³-hybridized carbons (Fsp3) is 0.600. The molecule has 2 rings (SSSR count). The number of nitrogens with zero attached hydrogens (tertiary/aromatic N) is 2. The number of hydrogen-bond donors (Lipinski definition) is 2. The Balaban J connectivity index is 1.70. The molecule has 30 heavy (non-hydrogen) atoms. The zero-order valence-corrected chi connectivity index (χ0v) is 18.1. The average Bonchev–Trinajstić information content (AvgIpc) is 2.69. The number of halogens is 1. The van der Waals surface area contributed by atoms with Crippen LogP contribution in [0.25, 0.3) is 0 Å².